The first-order chi connectivity index (χ1) is 10.3. The van der Waals surface area contributed by atoms with Gasteiger partial charge in [-0.3, -0.25) is 9.59 Å². The Bertz CT molecular complexity index is 579. The summed E-state index contributed by atoms with van der Waals surface area (Å²) in [4.78, 5) is 26.4. The van der Waals surface area contributed by atoms with E-state index in [-0.39, 0.29) is 30.2 Å². The number of halogens is 1. The molecule has 1 atom stereocenters. The lowest BCUT2D eigenvalue weighted by molar-refractivity contribution is -0.145. The quantitative estimate of drug-likeness (QED) is 0.923. The van der Waals surface area contributed by atoms with Crippen LogP contribution < -0.4 is 5.32 Å². The van der Waals surface area contributed by atoms with E-state index in [0.29, 0.717) is 17.1 Å². The number of thioether (sulfide) groups is 1. The van der Waals surface area contributed by atoms with Crippen LogP contribution in [0.15, 0.2) is 24.3 Å². The second-order valence-corrected chi connectivity index (χ2v) is 6.99. The summed E-state index contributed by atoms with van der Waals surface area (Å²) in [6.07, 6.45) is 0. The Balaban J connectivity index is 2.26. The number of hydrogen-bond acceptors (Lipinski definition) is 3. The van der Waals surface area contributed by atoms with Crippen LogP contribution in [0.5, 0.6) is 0 Å². The van der Waals surface area contributed by atoms with Crippen LogP contribution in [0.3, 0.4) is 0 Å². The third kappa shape index (κ3) is 3.61. The summed E-state index contributed by atoms with van der Waals surface area (Å²) >= 11 is 1.46. The SMILES string of the molecule is CC(C)NC(=O)C1(C)CSCC(=O)N1Cc1cccc(F)c1. The molecule has 0 radical (unpaired) electrons. The van der Waals surface area contributed by atoms with Crippen molar-refractivity contribution in [3.63, 3.8) is 0 Å². The first kappa shape index (κ1) is 16.8. The van der Waals surface area contributed by atoms with E-state index in [2.05, 4.69) is 5.32 Å². The van der Waals surface area contributed by atoms with Crippen LogP contribution in [0.2, 0.25) is 0 Å². The molecule has 2 amide bonds. The van der Waals surface area contributed by atoms with E-state index < -0.39 is 5.54 Å². The summed E-state index contributed by atoms with van der Waals surface area (Å²) in [5.74, 6) is 0.276. The topological polar surface area (TPSA) is 49.4 Å². The van der Waals surface area contributed by atoms with Crippen LogP contribution in [0.25, 0.3) is 0 Å². The van der Waals surface area contributed by atoms with Gasteiger partial charge in [0.05, 0.1) is 5.75 Å². The Morgan fingerprint density at radius 2 is 2.23 bits per heavy atom. The highest BCUT2D eigenvalue weighted by Crippen LogP contribution is 2.29. The van der Waals surface area contributed by atoms with Crippen LogP contribution in [-0.2, 0) is 16.1 Å². The highest BCUT2D eigenvalue weighted by molar-refractivity contribution is 8.00. The molecule has 4 nitrogen and oxygen atoms in total. The standard InChI is InChI=1S/C16H21FN2O2S/c1-11(2)18-15(21)16(3)10-22-9-14(20)19(16)8-12-5-4-6-13(17)7-12/h4-7,11H,8-10H2,1-3H3,(H,18,21). The highest BCUT2D eigenvalue weighted by Gasteiger charge is 2.45. The second-order valence-electron chi connectivity index (χ2n) is 6.00. The molecule has 1 saturated heterocycles. The third-order valence-corrected chi connectivity index (χ3v) is 4.86. The van der Waals surface area contributed by atoms with Crippen molar-refractivity contribution in [2.45, 2.75) is 38.9 Å². The van der Waals surface area contributed by atoms with Gasteiger partial charge in [0.1, 0.15) is 11.4 Å². The Hall–Kier alpha value is -1.56. The third-order valence-electron chi connectivity index (χ3n) is 3.64. The van der Waals surface area contributed by atoms with Gasteiger partial charge in [0.25, 0.3) is 0 Å². The lowest BCUT2D eigenvalue weighted by atomic mass is 9.98. The number of hydrogen-bond donors (Lipinski definition) is 1. The molecule has 0 spiro atoms. The molecule has 1 heterocycles. The zero-order valence-electron chi connectivity index (χ0n) is 13.1. The maximum Gasteiger partial charge on any atom is 0.246 e. The molecule has 0 aromatic heterocycles. The van der Waals surface area contributed by atoms with Gasteiger partial charge >= 0.3 is 0 Å². The average molecular weight is 324 g/mol. The van der Waals surface area contributed by atoms with Gasteiger partial charge in [-0.05, 0) is 38.5 Å². The number of rotatable bonds is 4. The first-order valence-electron chi connectivity index (χ1n) is 7.26. The van der Waals surface area contributed by atoms with Crippen LogP contribution >= 0.6 is 11.8 Å². The molecule has 2 rings (SSSR count). The van der Waals surface area contributed by atoms with Crippen molar-refractivity contribution in [1.29, 1.82) is 0 Å². The number of carbonyl (C=O) groups is 2. The molecule has 1 aromatic carbocycles. The molecule has 6 heteroatoms. The highest BCUT2D eigenvalue weighted by atomic mass is 32.2. The number of nitrogens with one attached hydrogen (secondary N) is 1. The first-order valence-corrected chi connectivity index (χ1v) is 8.42. The monoisotopic (exact) mass is 324 g/mol. The van der Waals surface area contributed by atoms with Crippen molar-refractivity contribution in [1.82, 2.24) is 10.2 Å². The molecule has 1 fully saturated rings. The van der Waals surface area contributed by atoms with Gasteiger partial charge in [-0.25, -0.2) is 4.39 Å². The minimum atomic E-state index is -0.920. The summed E-state index contributed by atoms with van der Waals surface area (Å²) in [7, 11) is 0. The second kappa shape index (κ2) is 6.69. The van der Waals surface area contributed by atoms with Crippen molar-refractivity contribution in [3.05, 3.63) is 35.6 Å². The fraction of sp³-hybridized carbons (Fsp3) is 0.500. The Morgan fingerprint density at radius 3 is 2.86 bits per heavy atom. The Kier molecular flexibility index (Phi) is 5.11. The maximum absolute atomic E-state index is 13.4. The predicted octanol–water partition coefficient (Wildman–Crippen LogP) is 2.18. The molecule has 22 heavy (non-hydrogen) atoms. The maximum atomic E-state index is 13.4. The smallest absolute Gasteiger partial charge is 0.246 e. The summed E-state index contributed by atoms with van der Waals surface area (Å²) in [6.45, 7) is 5.78. The van der Waals surface area contributed by atoms with E-state index in [9.17, 15) is 14.0 Å². The van der Waals surface area contributed by atoms with Gasteiger partial charge in [-0.2, -0.15) is 0 Å². The normalized spacial score (nSPS) is 22.0. The van der Waals surface area contributed by atoms with Crippen molar-refractivity contribution in [2.24, 2.45) is 0 Å². The van der Waals surface area contributed by atoms with Gasteiger partial charge in [0.15, 0.2) is 0 Å². The summed E-state index contributed by atoms with van der Waals surface area (Å²) < 4.78 is 13.4. The van der Waals surface area contributed by atoms with Crippen molar-refractivity contribution in [3.8, 4) is 0 Å². The van der Waals surface area contributed by atoms with Crippen molar-refractivity contribution < 1.29 is 14.0 Å². The molecule has 1 unspecified atom stereocenters. The van der Waals surface area contributed by atoms with E-state index in [1.165, 1.54) is 23.9 Å². The zero-order valence-corrected chi connectivity index (χ0v) is 13.9. The summed E-state index contributed by atoms with van der Waals surface area (Å²) in [5, 5.41) is 2.88. The number of carbonyl (C=O) groups excluding carboxylic acids is 2. The fourth-order valence-corrected chi connectivity index (χ4v) is 3.57. The number of amides is 2. The van der Waals surface area contributed by atoms with Crippen LogP contribution in [0, 0.1) is 5.82 Å². The number of nitrogens with zero attached hydrogens (tertiary/aromatic N) is 1. The van der Waals surface area contributed by atoms with Gasteiger partial charge in [0, 0.05) is 18.3 Å². The van der Waals surface area contributed by atoms with Crippen molar-refractivity contribution in [2.75, 3.05) is 11.5 Å². The van der Waals surface area contributed by atoms with E-state index in [0.717, 1.165) is 0 Å². The largest absolute Gasteiger partial charge is 0.352 e. The van der Waals surface area contributed by atoms with Crippen LogP contribution in [0.1, 0.15) is 26.3 Å². The molecule has 0 saturated carbocycles. The minimum Gasteiger partial charge on any atom is -0.352 e. The zero-order chi connectivity index (χ0) is 16.3. The molecule has 1 aliphatic heterocycles. The van der Waals surface area contributed by atoms with Crippen molar-refractivity contribution >= 4 is 23.6 Å². The molecule has 1 aromatic rings. The predicted molar refractivity (Wildman–Crippen MR) is 86.0 cm³/mol. The Morgan fingerprint density at radius 1 is 1.50 bits per heavy atom. The molecule has 120 valence electrons. The van der Waals surface area contributed by atoms with Gasteiger partial charge in [0.2, 0.25) is 11.8 Å². The lowest BCUT2D eigenvalue weighted by Gasteiger charge is -2.43. The average Bonchev–Trinajstić information content (AvgIpc) is 2.42. The van der Waals surface area contributed by atoms with E-state index in [4.69, 9.17) is 0 Å². The molecule has 1 N–H and O–H groups in total. The van der Waals surface area contributed by atoms with E-state index in [1.54, 1.807) is 24.0 Å². The molecular formula is C16H21FN2O2S. The fourth-order valence-electron chi connectivity index (χ4n) is 2.45. The van der Waals surface area contributed by atoms with Gasteiger partial charge in [-0.15, -0.1) is 11.8 Å². The van der Waals surface area contributed by atoms with Crippen LogP contribution in [0.4, 0.5) is 4.39 Å². The molecule has 0 bridgehead atoms. The molecular weight excluding hydrogens is 303 g/mol. The minimum absolute atomic E-state index is 0.00220. The Labute approximate surface area is 134 Å². The number of benzene rings is 1. The van der Waals surface area contributed by atoms with E-state index >= 15 is 0 Å². The van der Waals surface area contributed by atoms with Gasteiger partial charge in [-0.1, -0.05) is 12.1 Å². The van der Waals surface area contributed by atoms with Gasteiger partial charge < -0.3 is 10.2 Å². The van der Waals surface area contributed by atoms with Crippen LogP contribution in [-0.4, -0.2) is 39.8 Å². The lowest BCUT2D eigenvalue weighted by Crippen LogP contribution is -2.63. The molecule has 0 aliphatic carbocycles. The summed E-state index contributed by atoms with van der Waals surface area (Å²) in [6, 6.07) is 6.14. The summed E-state index contributed by atoms with van der Waals surface area (Å²) in [5.41, 5.74) is -0.236. The molecule has 1 aliphatic rings. The van der Waals surface area contributed by atoms with E-state index in [1.807, 2.05) is 13.8 Å².